The van der Waals surface area contributed by atoms with Crippen LogP contribution in [0.5, 0.6) is 0 Å². The van der Waals surface area contributed by atoms with Crippen molar-refractivity contribution in [2.24, 2.45) is 5.92 Å². The summed E-state index contributed by atoms with van der Waals surface area (Å²) >= 11 is 0. The molecule has 0 unspecified atom stereocenters. The molecule has 0 bridgehead atoms. The third kappa shape index (κ3) is 1.96. The molecule has 0 aliphatic carbocycles. The van der Waals surface area contributed by atoms with Gasteiger partial charge in [-0.3, -0.25) is 9.36 Å². The molecule has 0 N–H and O–H groups in total. The van der Waals surface area contributed by atoms with E-state index in [-0.39, 0.29) is 5.56 Å². The van der Waals surface area contributed by atoms with Crippen LogP contribution in [-0.2, 0) is 13.0 Å². The van der Waals surface area contributed by atoms with Crippen LogP contribution in [-0.4, -0.2) is 9.55 Å². The molecule has 82 valence electrons. The molecule has 0 fully saturated rings. The second kappa shape index (κ2) is 3.80. The summed E-state index contributed by atoms with van der Waals surface area (Å²) in [7, 11) is 0. The first kappa shape index (κ1) is 10.4. The maximum Gasteiger partial charge on any atom is 0.253 e. The standard InChI is InChI=1S/C12H18N2O/c1-8(2)10-6-12(15)14-7-9(3)4-5-11(14)13-10/h6,8-9H,4-5,7H2,1-3H3/t9-/m0/s1. The zero-order valence-electron chi connectivity index (χ0n) is 9.66. The first-order chi connectivity index (χ1) is 7.08. The Bertz CT molecular complexity index is 420. The first-order valence-electron chi connectivity index (χ1n) is 5.68. The van der Waals surface area contributed by atoms with Crippen LogP contribution in [0.3, 0.4) is 0 Å². The van der Waals surface area contributed by atoms with Crippen LogP contribution in [0.25, 0.3) is 0 Å². The molecule has 3 nitrogen and oxygen atoms in total. The van der Waals surface area contributed by atoms with Crippen molar-refractivity contribution in [2.75, 3.05) is 0 Å². The van der Waals surface area contributed by atoms with Crippen molar-refractivity contribution in [2.45, 2.75) is 46.1 Å². The van der Waals surface area contributed by atoms with Gasteiger partial charge in [-0.1, -0.05) is 20.8 Å². The van der Waals surface area contributed by atoms with Crippen molar-refractivity contribution >= 4 is 0 Å². The summed E-state index contributed by atoms with van der Waals surface area (Å²) in [6.45, 7) is 7.17. The van der Waals surface area contributed by atoms with Gasteiger partial charge >= 0.3 is 0 Å². The molecule has 2 heterocycles. The van der Waals surface area contributed by atoms with E-state index in [9.17, 15) is 4.79 Å². The van der Waals surface area contributed by atoms with Gasteiger partial charge in [0, 0.05) is 19.0 Å². The topological polar surface area (TPSA) is 34.9 Å². The fraction of sp³-hybridized carbons (Fsp3) is 0.667. The summed E-state index contributed by atoms with van der Waals surface area (Å²) in [4.78, 5) is 16.4. The predicted molar refractivity (Wildman–Crippen MR) is 60.1 cm³/mol. The highest BCUT2D eigenvalue weighted by Gasteiger charge is 2.18. The number of aromatic nitrogens is 2. The van der Waals surface area contributed by atoms with E-state index in [0.29, 0.717) is 11.8 Å². The van der Waals surface area contributed by atoms with E-state index < -0.39 is 0 Å². The van der Waals surface area contributed by atoms with Crippen LogP contribution in [0.4, 0.5) is 0 Å². The van der Waals surface area contributed by atoms with E-state index in [1.165, 1.54) is 0 Å². The minimum absolute atomic E-state index is 0.121. The second-order valence-corrected chi connectivity index (χ2v) is 4.84. The average molecular weight is 206 g/mol. The Labute approximate surface area is 90.2 Å². The van der Waals surface area contributed by atoms with Crippen LogP contribution in [0.2, 0.25) is 0 Å². The Kier molecular flexibility index (Phi) is 2.63. The molecule has 0 amide bonds. The van der Waals surface area contributed by atoms with Crippen LogP contribution in [0.15, 0.2) is 10.9 Å². The highest BCUT2D eigenvalue weighted by Crippen LogP contribution is 2.18. The van der Waals surface area contributed by atoms with Crippen LogP contribution in [0, 0.1) is 5.92 Å². The summed E-state index contributed by atoms with van der Waals surface area (Å²) in [6.07, 6.45) is 2.09. The molecular formula is C12H18N2O. The predicted octanol–water partition coefficient (Wildman–Crippen LogP) is 1.95. The van der Waals surface area contributed by atoms with Gasteiger partial charge < -0.3 is 0 Å². The average Bonchev–Trinajstić information content (AvgIpc) is 2.18. The van der Waals surface area contributed by atoms with Crippen molar-refractivity contribution in [3.8, 4) is 0 Å². The quantitative estimate of drug-likeness (QED) is 0.704. The molecule has 1 aliphatic heterocycles. The molecule has 15 heavy (non-hydrogen) atoms. The van der Waals surface area contributed by atoms with Crippen molar-refractivity contribution in [1.29, 1.82) is 0 Å². The monoisotopic (exact) mass is 206 g/mol. The Morgan fingerprint density at radius 2 is 2.27 bits per heavy atom. The van der Waals surface area contributed by atoms with Crippen molar-refractivity contribution in [1.82, 2.24) is 9.55 Å². The minimum atomic E-state index is 0.121. The lowest BCUT2D eigenvalue weighted by Gasteiger charge is -2.23. The Hall–Kier alpha value is -1.12. The Balaban J connectivity index is 2.48. The number of rotatable bonds is 1. The largest absolute Gasteiger partial charge is 0.296 e. The highest BCUT2D eigenvalue weighted by molar-refractivity contribution is 5.09. The third-order valence-electron chi connectivity index (χ3n) is 3.05. The lowest BCUT2D eigenvalue weighted by atomic mass is 10.0. The van der Waals surface area contributed by atoms with Gasteiger partial charge in [-0.05, 0) is 18.3 Å². The number of fused-ring (bicyclic) bond motifs is 1. The molecule has 2 rings (SSSR count). The fourth-order valence-corrected chi connectivity index (χ4v) is 2.03. The maximum absolute atomic E-state index is 11.9. The number of aryl methyl sites for hydroxylation is 1. The summed E-state index contributed by atoms with van der Waals surface area (Å²) in [5, 5.41) is 0. The number of hydrogen-bond donors (Lipinski definition) is 0. The van der Waals surface area contributed by atoms with Crippen molar-refractivity contribution < 1.29 is 0 Å². The lowest BCUT2D eigenvalue weighted by Crippen LogP contribution is -2.32. The third-order valence-corrected chi connectivity index (χ3v) is 3.05. The molecule has 0 saturated carbocycles. The van der Waals surface area contributed by atoms with E-state index in [1.54, 1.807) is 6.07 Å². The van der Waals surface area contributed by atoms with Gasteiger partial charge in [-0.2, -0.15) is 0 Å². The second-order valence-electron chi connectivity index (χ2n) is 4.84. The van der Waals surface area contributed by atoms with E-state index in [1.807, 2.05) is 4.57 Å². The van der Waals surface area contributed by atoms with Crippen LogP contribution >= 0.6 is 0 Å². The summed E-state index contributed by atoms with van der Waals surface area (Å²) in [6, 6.07) is 1.69. The van der Waals surface area contributed by atoms with Crippen molar-refractivity contribution in [3.63, 3.8) is 0 Å². The van der Waals surface area contributed by atoms with Gasteiger partial charge in [-0.15, -0.1) is 0 Å². The Morgan fingerprint density at radius 3 is 2.93 bits per heavy atom. The molecule has 1 atom stereocenters. The maximum atomic E-state index is 11.9. The zero-order chi connectivity index (χ0) is 11.0. The molecule has 0 spiro atoms. The summed E-state index contributed by atoms with van der Waals surface area (Å²) < 4.78 is 1.83. The van der Waals surface area contributed by atoms with Crippen molar-refractivity contribution in [3.05, 3.63) is 27.9 Å². The lowest BCUT2D eigenvalue weighted by molar-refractivity contribution is 0.376. The van der Waals surface area contributed by atoms with Crippen LogP contribution in [0.1, 0.15) is 44.6 Å². The molecular weight excluding hydrogens is 188 g/mol. The Morgan fingerprint density at radius 1 is 1.53 bits per heavy atom. The molecule has 1 aliphatic rings. The minimum Gasteiger partial charge on any atom is -0.296 e. The van der Waals surface area contributed by atoms with E-state index in [0.717, 1.165) is 30.9 Å². The van der Waals surface area contributed by atoms with Gasteiger partial charge in [0.05, 0.1) is 5.69 Å². The van der Waals surface area contributed by atoms with E-state index >= 15 is 0 Å². The van der Waals surface area contributed by atoms with E-state index in [2.05, 4.69) is 25.8 Å². The van der Waals surface area contributed by atoms with Crippen LogP contribution < -0.4 is 5.56 Å². The summed E-state index contributed by atoms with van der Waals surface area (Å²) in [5.41, 5.74) is 1.05. The molecule has 0 radical (unpaired) electrons. The van der Waals surface area contributed by atoms with Gasteiger partial charge in [0.1, 0.15) is 5.82 Å². The molecule has 1 aromatic rings. The fourth-order valence-electron chi connectivity index (χ4n) is 2.03. The molecule has 3 heteroatoms. The van der Waals surface area contributed by atoms with E-state index in [4.69, 9.17) is 0 Å². The SMILES string of the molecule is CC(C)c1cc(=O)n2c(n1)CC[C@H](C)C2. The summed E-state index contributed by atoms with van der Waals surface area (Å²) in [5.74, 6) is 1.91. The van der Waals surface area contributed by atoms with Gasteiger partial charge in [0.25, 0.3) is 5.56 Å². The number of hydrogen-bond acceptors (Lipinski definition) is 2. The zero-order valence-corrected chi connectivity index (χ0v) is 9.66. The first-order valence-corrected chi connectivity index (χ1v) is 5.68. The van der Waals surface area contributed by atoms with Gasteiger partial charge in [0.2, 0.25) is 0 Å². The van der Waals surface area contributed by atoms with Gasteiger partial charge in [-0.25, -0.2) is 4.98 Å². The molecule has 0 aromatic carbocycles. The van der Waals surface area contributed by atoms with Gasteiger partial charge in [0.15, 0.2) is 0 Å². The molecule has 0 saturated heterocycles. The number of nitrogens with zero attached hydrogens (tertiary/aromatic N) is 2. The smallest absolute Gasteiger partial charge is 0.253 e. The molecule has 1 aromatic heterocycles. The normalized spacial score (nSPS) is 20.4. The highest BCUT2D eigenvalue weighted by atomic mass is 16.1.